The molecule has 8 nitrogen and oxygen atoms in total. The summed E-state index contributed by atoms with van der Waals surface area (Å²) < 4.78 is 0. The number of rotatable bonds is 4. The first-order valence-electron chi connectivity index (χ1n) is 10.8. The van der Waals surface area contributed by atoms with E-state index in [-0.39, 0.29) is 18.7 Å². The number of nitrogens with two attached hydrogens (primary N) is 1. The van der Waals surface area contributed by atoms with Crippen molar-refractivity contribution in [3.05, 3.63) is 34.9 Å². The zero-order valence-corrected chi connectivity index (χ0v) is 16.8. The first-order chi connectivity index (χ1) is 14.5. The smallest absolute Gasteiger partial charge is 0.262 e. The number of carbonyl (C=O) groups excluding carboxylic acids is 4. The number of nitrogens with zero attached hydrogens (tertiary/aromatic N) is 2. The van der Waals surface area contributed by atoms with Crippen molar-refractivity contribution in [3.8, 4) is 0 Å². The summed E-state index contributed by atoms with van der Waals surface area (Å²) in [5.41, 5.74) is 7.51. The summed E-state index contributed by atoms with van der Waals surface area (Å²) in [5, 5.41) is 2.24. The fraction of sp³-hybridized carbons (Fsp3) is 0.545. The molecule has 4 amide bonds. The van der Waals surface area contributed by atoms with E-state index in [0.717, 1.165) is 42.7 Å². The van der Waals surface area contributed by atoms with Gasteiger partial charge in [0.25, 0.3) is 11.8 Å². The number of nitrogens with one attached hydrogen (secondary N) is 1. The molecular weight excluding hydrogens is 384 g/mol. The highest BCUT2D eigenvalue weighted by atomic mass is 16.2. The minimum absolute atomic E-state index is 0.121. The van der Waals surface area contributed by atoms with Gasteiger partial charge in [-0.15, -0.1) is 0 Å². The molecule has 0 aromatic heterocycles. The number of benzene rings is 1. The van der Waals surface area contributed by atoms with Gasteiger partial charge >= 0.3 is 0 Å². The van der Waals surface area contributed by atoms with Crippen molar-refractivity contribution in [2.24, 2.45) is 11.7 Å². The van der Waals surface area contributed by atoms with E-state index in [1.807, 2.05) is 12.1 Å². The van der Waals surface area contributed by atoms with E-state index in [1.54, 1.807) is 6.07 Å². The molecule has 1 aromatic carbocycles. The molecule has 4 aliphatic rings. The molecule has 0 spiro atoms. The van der Waals surface area contributed by atoms with E-state index in [0.29, 0.717) is 35.7 Å². The largest absolute Gasteiger partial charge is 0.330 e. The van der Waals surface area contributed by atoms with Gasteiger partial charge in [-0.05, 0) is 56.2 Å². The van der Waals surface area contributed by atoms with Crippen molar-refractivity contribution < 1.29 is 19.2 Å². The highest BCUT2D eigenvalue weighted by Crippen LogP contribution is 2.40. The van der Waals surface area contributed by atoms with Gasteiger partial charge in [-0.1, -0.05) is 12.1 Å². The number of hydrogen-bond acceptors (Lipinski definition) is 6. The van der Waals surface area contributed by atoms with Gasteiger partial charge in [0.1, 0.15) is 6.04 Å². The van der Waals surface area contributed by atoms with Crippen LogP contribution in [0.1, 0.15) is 64.8 Å². The Hall–Kier alpha value is -2.58. The number of fused-ring (bicyclic) bond motifs is 3. The third-order valence-electron chi connectivity index (χ3n) is 7.22. The molecule has 2 bridgehead atoms. The van der Waals surface area contributed by atoms with Gasteiger partial charge in [-0.3, -0.25) is 34.3 Å². The Bertz CT molecular complexity index is 931. The van der Waals surface area contributed by atoms with Gasteiger partial charge < -0.3 is 5.73 Å². The Morgan fingerprint density at radius 2 is 1.73 bits per heavy atom. The van der Waals surface area contributed by atoms with Crippen LogP contribution in [-0.4, -0.2) is 58.1 Å². The van der Waals surface area contributed by atoms with Gasteiger partial charge in [0.2, 0.25) is 11.8 Å². The Labute approximate surface area is 174 Å². The topological polar surface area (TPSA) is 113 Å². The molecule has 2 unspecified atom stereocenters. The van der Waals surface area contributed by atoms with Crippen LogP contribution in [0.15, 0.2) is 18.2 Å². The normalized spacial score (nSPS) is 31.3. The quantitative estimate of drug-likeness (QED) is 0.710. The lowest BCUT2D eigenvalue weighted by Gasteiger charge is -2.39. The number of amides is 4. The van der Waals surface area contributed by atoms with Crippen LogP contribution in [0, 0.1) is 5.92 Å². The number of hydrogen-bond donors (Lipinski definition) is 2. The molecule has 3 fully saturated rings. The monoisotopic (exact) mass is 410 g/mol. The Morgan fingerprint density at radius 3 is 2.40 bits per heavy atom. The van der Waals surface area contributed by atoms with Crippen LogP contribution in [0.2, 0.25) is 0 Å². The minimum atomic E-state index is -0.931. The second-order valence-electron chi connectivity index (χ2n) is 8.92. The molecular formula is C22H26N4O4. The van der Waals surface area contributed by atoms with Crippen molar-refractivity contribution >= 4 is 23.6 Å². The van der Waals surface area contributed by atoms with E-state index in [9.17, 15) is 19.2 Å². The standard InChI is InChI=1S/C22H26N4O4/c23-10-12-8-14-4-5-15(9-12)25(14)11-13-2-1-3-16-19(13)22(30)26(21(16)29)17-6-7-18(27)24-20(17)28/h1-3,12,14-15,17H,4-11,23H2,(H,24,27,28)/t12?,14-,15+,17?. The zero-order chi connectivity index (χ0) is 21.0. The summed E-state index contributed by atoms with van der Waals surface area (Å²) in [7, 11) is 0. The molecule has 30 heavy (non-hydrogen) atoms. The fourth-order valence-corrected chi connectivity index (χ4v) is 5.75. The summed E-state index contributed by atoms with van der Waals surface area (Å²) in [4.78, 5) is 53.6. The SMILES string of the molecule is NCC1C[C@H]2CC[C@@H](C1)N2Cc1cccc2c1C(=O)N(C1CCC(=O)NC1=O)C2=O. The van der Waals surface area contributed by atoms with Gasteiger partial charge in [-0.2, -0.15) is 0 Å². The average Bonchev–Trinajstić information content (AvgIpc) is 3.11. The molecule has 1 aromatic rings. The fourth-order valence-electron chi connectivity index (χ4n) is 5.75. The minimum Gasteiger partial charge on any atom is -0.330 e. The van der Waals surface area contributed by atoms with E-state index in [2.05, 4.69) is 10.2 Å². The first kappa shape index (κ1) is 19.4. The van der Waals surface area contributed by atoms with Crippen LogP contribution in [-0.2, 0) is 16.1 Å². The molecule has 8 heteroatoms. The maximum atomic E-state index is 13.3. The lowest BCUT2D eigenvalue weighted by atomic mass is 9.90. The molecule has 4 aliphatic heterocycles. The second-order valence-corrected chi connectivity index (χ2v) is 8.92. The Morgan fingerprint density at radius 1 is 1.00 bits per heavy atom. The van der Waals surface area contributed by atoms with Gasteiger partial charge in [0.15, 0.2) is 0 Å². The predicted molar refractivity (Wildman–Crippen MR) is 107 cm³/mol. The molecule has 3 N–H and O–H groups in total. The van der Waals surface area contributed by atoms with Gasteiger partial charge in [0, 0.05) is 25.0 Å². The van der Waals surface area contributed by atoms with Gasteiger partial charge in [0.05, 0.1) is 11.1 Å². The number of carbonyl (C=O) groups is 4. The van der Waals surface area contributed by atoms with E-state index in [4.69, 9.17) is 5.73 Å². The van der Waals surface area contributed by atoms with Crippen molar-refractivity contribution in [2.45, 2.75) is 63.2 Å². The first-order valence-corrected chi connectivity index (χ1v) is 10.8. The maximum absolute atomic E-state index is 13.3. The van der Waals surface area contributed by atoms with E-state index in [1.165, 1.54) is 0 Å². The molecule has 0 aliphatic carbocycles. The van der Waals surface area contributed by atoms with E-state index >= 15 is 0 Å². The Balaban J connectivity index is 1.42. The third kappa shape index (κ3) is 2.97. The average molecular weight is 410 g/mol. The maximum Gasteiger partial charge on any atom is 0.262 e. The molecule has 158 valence electrons. The lowest BCUT2D eigenvalue weighted by Crippen LogP contribution is -2.54. The zero-order valence-electron chi connectivity index (χ0n) is 16.8. The van der Waals surface area contributed by atoms with Crippen LogP contribution >= 0.6 is 0 Å². The van der Waals surface area contributed by atoms with Crippen LogP contribution in [0.5, 0.6) is 0 Å². The van der Waals surface area contributed by atoms with Crippen LogP contribution < -0.4 is 11.1 Å². The third-order valence-corrected chi connectivity index (χ3v) is 7.22. The van der Waals surface area contributed by atoms with Crippen LogP contribution in [0.3, 0.4) is 0 Å². The molecule has 4 atom stereocenters. The van der Waals surface area contributed by atoms with Crippen molar-refractivity contribution in [2.75, 3.05) is 6.54 Å². The predicted octanol–water partition coefficient (Wildman–Crippen LogP) is 0.790. The number of piperidine rings is 2. The highest BCUT2D eigenvalue weighted by molar-refractivity contribution is 6.24. The molecule has 3 saturated heterocycles. The van der Waals surface area contributed by atoms with Gasteiger partial charge in [-0.25, -0.2) is 0 Å². The highest BCUT2D eigenvalue weighted by Gasteiger charge is 2.46. The van der Waals surface area contributed by atoms with Crippen molar-refractivity contribution in [1.29, 1.82) is 0 Å². The molecule has 0 radical (unpaired) electrons. The second kappa shape index (κ2) is 7.28. The van der Waals surface area contributed by atoms with Crippen LogP contribution in [0.4, 0.5) is 0 Å². The van der Waals surface area contributed by atoms with Crippen LogP contribution in [0.25, 0.3) is 0 Å². The van der Waals surface area contributed by atoms with Crippen molar-refractivity contribution in [3.63, 3.8) is 0 Å². The van der Waals surface area contributed by atoms with Crippen molar-refractivity contribution in [1.82, 2.24) is 15.1 Å². The molecule has 5 rings (SSSR count). The summed E-state index contributed by atoms with van der Waals surface area (Å²) >= 11 is 0. The van der Waals surface area contributed by atoms with E-state index < -0.39 is 23.8 Å². The summed E-state index contributed by atoms with van der Waals surface area (Å²) in [6.07, 6.45) is 4.74. The summed E-state index contributed by atoms with van der Waals surface area (Å²) in [6, 6.07) is 5.37. The molecule has 0 saturated carbocycles. The lowest BCUT2D eigenvalue weighted by molar-refractivity contribution is -0.136. The molecule has 4 heterocycles. The summed E-state index contributed by atoms with van der Waals surface area (Å²) in [6.45, 7) is 1.34. The summed E-state index contributed by atoms with van der Waals surface area (Å²) in [5.74, 6) is -1.26. The Kier molecular flexibility index (Phi) is 4.71. The number of imide groups is 2.